The lowest BCUT2D eigenvalue weighted by Crippen LogP contribution is -2.09. The Morgan fingerprint density at radius 1 is 0.875 bits per heavy atom. The first-order valence-electron chi connectivity index (χ1n) is 11.2. The van der Waals surface area contributed by atoms with E-state index in [0.29, 0.717) is 24.2 Å². The smallest absolute Gasteiger partial charge is 0.147 e. The highest BCUT2D eigenvalue weighted by Crippen LogP contribution is 2.24. The van der Waals surface area contributed by atoms with E-state index >= 15 is 0 Å². The summed E-state index contributed by atoms with van der Waals surface area (Å²) in [6.45, 7) is 6.31. The molecule has 0 amide bonds. The topological polar surface area (TPSA) is 36.3 Å². The molecule has 0 saturated heterocycles. The lowest BCUT2D eigenvalue weighted by atomic mass is 10.0. The molecule has 0 radical (unpaired) electrons. The molecule has 4 aromatic rings. The Labute approximate surface area is 194 Å². The van der Waals surface area contributed by atoms with E-state index in [-0.39, 0.29) is 0 Å². The molecular weight excluding hydrogens is 420 g/mol. The molecule has 0 fully saturated rings. The van der Waals surface area contributed by atoms with E-state index in [2.05, 4.69) is 42.7 Å². The Morgan fingerprint density at radius 3 is 2.41 bits per heavy atom. The van der Waals surface area contributed by atoms with E-state index in [1.54, 1.807) is 0 Å². The number of hydrogen-bond donors (Lipinski definition) is 0. The van der Waals surface area contributed by atoms with Crippen molar-refractivity contribution in [2.75, 3.05) is 6.61 Å². The molecule has 5 heteroatoms. The van der Waals surface area contributed by atoms with Crippen molar-refractivity contribution < 1.29 is 9.47 Å². The van der Waals surface area contributed by atoms with Gasteiger partial charge in [-0.25, -0.2) is 4.98 Å². The lowest BCUT2D eigenvalue weighted by molar-refractivity contribution is 0.285. The zero-order valence-corrected chi connectivity index (χ0v) is 19.4. The molecule has 0 aliphatic heterocycles. The molecule has 32 heavy (non-hydrogen) atoms. The zero-order valence-electron chi connectivity index (χ0n) is 18.6. The fourth-order valence-corrected chi connectivity index (χ4v) is 3.89. The number of nitrogens with zero attached hydrogens (tertiary/aromatic N) is 2. The van der Waals surface area contributed by atoms with Crippen molar-refractivity contribution in [3.05, 3.63) is 89.2 Å². The fraction of sp³-hybridized carbons (Fsp3) is 0.296. The van der Waals surface area contributed by atoms with Crippen LogP contribution < -0.4 is 9.47 Å². The zero-order chi connectivity index (χ0) is 22.3. The molecule has 0 bridgehead atoms. The van der Waals surface area contributed by atoms with Crippen LogP contribution in [0.4, 0.5) is 0 Å². The van der Waals surface area contributed by atoms with Gasteiger partial charge in [-0.3, -0.25) is 0 Å². The average molecular weight is 449 g/mol. The Hall–Kier alpha value is -2.98. The summed E-state index contributed by atoms with van der Waals surface area (Å²) in [5, 5.41) is 0.647. The van der Waals surface area contributed by atoms with Crippen molar-refractivity contribution in [3.63, 3.8) is 0 Å². The van der Waals surface area contributed by atoms with Gasteiger partial charge in [0.25, 0.3) is 0 Å². The number of para-hydroxylation sites is 3. The molecule has 0 atom stereocenters. The minimum Gasteiger partial charge on any atom is -0.492 e. The minimum absolute atomic E-state index is 0.436. The number of ether oxygens (including phenoxy) is 2. The predicted molar refractivity (Wildman–Crippen MR) is 131 cm³/mol. The van der Waals surface area contributed by atoms with E-state index < -0.39 is 0 Å². The van der Waals surface area contributed by atoms with Crippen molar-refractivity contribution in [1.82, 2.24) is 9.55 Å². The van der Waals surface area contributed by atoms with Crippen molar-refractivity contribution in [2.45, 2.75) is 45.8 Å². The molecule has 0 aliphatic rings. The first-order chi connectivity index (χ1) is 15.6. The van der Waals surface area contributed by atoms with Gasteiger partial charge in [0, 0.05) is 6.54 Å². The summed E-state index contributed by atoms with van der Waals surface area (Å²) in [4.78, 5) is 4.82. The number of imidazole rings is 1. The summed E-state index contributed by atoms with van der Waals surface area (Å²) in [6.07, 6.45) is 1.90. The molecule has 0 unspecified atom stereocenters. The van der Waals surface area contributed by atoms with E-state index in [1.807, 2.05) is 48.5 Å². The van der Waals surface area contributed by atoms with Crippen LogP contribution in [0.25, 0.3) is 11.0 Å². The third-order valence-electron chi connectivity index (χ3n) is 5.52. The number of halogens is 1. The standard InChI is InChI=1S/C27H29ClN2O2/c1-20(2)21-13-15-22(16-14-21)32-19-27-29-24-10-4-5-11-25(24)30(27)17-7-8-18-31-26-12-6-3-9-23(26)28/h3-6,9-16,20H,7-8,17-19H2,1-2H3. The summed E-state index contributed by atoms with van der Waals surface area (Å²) in [5.74, 6) is 3.04. The first-order valence-corrected chi connectivity index (χ1v) is 11.5. The van der Waals surface area contributed by atoms with Crippen molar-refractivity contribution in [1.29, 1.82) is 0 Å². The lowest BCUT2D eigenvalue weighted by Gasteiger charge is -2.12. The SMILES string of the molecule is CC(C)c1ccc(OCc2nc3ccccc3n2CCCCOc2ccccc2Cl)cc1. The second kappa shape index (κ2) is 10.6. The van der Waals surface area contributed by atoms with E-state index in [0.717, 1.165) is 47.7 Å². The maximum atomic E-state index is 6.16. The summed E-state index contributed by atoms with van der Waals surface area (Å²) in [7, 11) is 0. The van der Waals surface area contributed by atoms with Gasteiger partial charge in [0.15, 0.2) is 0 Å². The van der Waals surface area contributed by atoms with Gasteiger partial charge in [-0.1, -0.05) is 61.8 Å². The largest absolute Gasteiger partial charge is 0.492 e. The van der Waals surface area contributed by atoms with Gasteiger partial charge in [0.1, 0.15) is 23.9 Å². The van der Waals surface area contributed by atoms with Crippen LogP contribution in [0.15, 0.2) is 72.8 Å². The Morgan fingerprint density at radius 2 is 1.62 bits per heavy atom. The van der Waals surface area contributed by atoms with Crippen LogP contribution >= 0.6 is 11.6 Å². The molecule has 166 valence electrons. The quantitative estimate of drug-likeness (QED) is 0.240. The second-order valence-corrected chi connectivity index (χ2v) is 8.57. The van der Waals surface area contributed by atoms with Crippen molar-refractivity contribution >= 4 is 22.6 Å². The van der Waals surface area contributed by atoms with Gasteiger partial charge >= 0.3 is 0 Å². The van der Waals surface area contributed by atoms with Gasteiger partial charge in [0.05, 0.1) is 22.7 Å². The number of fused-ring (bicyclic) bond motifs is 1. The van der Waals surface area contributed by atoms with E-state index in [1.165, 1.54) is 5.56 Å². The summed E-state index contributed by atoms with van der Waals surface area (Å²) >= 11 is 6.16. The number of benzene rings is 3. The summed E-state index contributed by atoms with van der Waals surface area (Å²) in [5.41, 5.74) is 3.44. The van der Waals surface area contributed by atoms with E-state index in [9.17, 15) is 0 Å². The van der Waals surface area contributed by atoms with Crippen LogP contribution in [-0.2, 0) is 13.2 Å². The van der Waals surface area contributed by atoms with Crippen molar-refractivity contribution in [2.24, 2.45) is 0 Å². The van der Waals surface area contributed by atoms with Crippen LogP contribution in [0, 0.1) is 0 Å². The highest BCUT2D eigenvalue weighted by atomic mass is 35.5. The second-order valence-electron chi connectivity index (χ2n) is 8.17. The summed E-state index contributed by atoms with van der Waals surface area (Å²) < 4.78 is 14.2. The number of aryl methyl sites for hydroxylation is 1. The van der Waals surface area contributed by atoms with Gasteiger partial charge in [0.2, 0.25) is 0 Å². The van der Waals surface area contributed by atoms with Crippen LogP contribution in [-0.4, -0.2) is 16.2 Å². The van der Waals surface area contributed by atoms with E-state index in [4.69, 9.17) is 26.1 Å². The van der Waals surface area contributed by atoms with Crippen LogP contribution in [0.5, 0.6) is 11.5 Å². The fourth-order valence-electron chi connectivity index (χ4n) is 3.70. The Kier molecular flexibility index (Phi) is 7.33. The highest BCUT2D eigenvalue weighted by molar-refractivity contribution is 6.32. The molecule has 0 spiro atoms. The molecule has 0 N–H and O–H groups in total. The molecule has 4 nitrogen and oxygen atoms in total. The predicted octanol–water partition coefficient (Wildman–Crippen LogP) is 7.25. The maximum Gasteiger partial charge on any atom is 0.147 e. The Balaban J connectivity index is 1.38. The molecule has 3 aromatic carbocycles. The van der Waals surface area contributed by atoms with Crippen LogP contribution in [0.3, 0.4) is 0 Å². The van der Waals surface area contributed by atoms with Crippen LogP contribution in [0.1, 0.15) is 44.0 Å². The summed E-state index contributed by atoms with van der Waals surface area (Å²) in [6, 6.07) is 24.1. The molecule has 4 rings (SSSR count). The number of rotatable bonds is 10. The maximum absolute atomic E-state index is 6.16. The monoisotopic (exact) mass is 448 g/mol. The minimum atomic E-state index is 0.436. The highest BCUT2D eigenvalue weighted by Gasteiger charge is 2.11. The number of hydrogen-bond acceptors (Lipinski definition) is 3. The van der Waals surface area contributed by atoms with Crippen molar-refractivity contribution in [3.8, 4) is 11.5 Å². The molecule has 0 saturated carbocycles. The van der Waals surface area contributed by atoms with Gasteiger partial charge in [-0.05, 0) is 60.7 Å². The van der Waals surface area contributed by atoms with Crippen LogP contribution in [0.2, 0.25) is 5.02 Å². The average Bonchev–Trinajstić information content (AvgIpc) is 3.16. The molecular formula is C27H29ClN2O2. The third kappa shape index (κ3) is 5.43. The molecule has 0 aliphatic carbocycles. The number of unbranched alkanes of at least 4 members (excludes halogenated alkanes) is 1. The normalized spacial score (nSPS) is 11.2. The number of aromatic nitrogens is 2. The van der Waals surface area contributed by atoms with Gasteiger partial charge in [-0.2, -0.15) is 0 Å². The van der Waals surface area contributed by atoms with Gasteiger partial charge < -0.3 is 14.0 Å². The molecule has 1 heterocycles. The Bertz CT molecular complexity index is 1150. The molecule has 1 aromatic heterocycles. The first kappa shape index (κ1) is 22.2. The van der Waals surface area contributed by atoms with Gasteiger partial charge in [-0.15, -0.1) is 0 Å². The third-order valence-corrected chi connectivity index (χ3v) is 5.83.